The van der Waals surface area contributed by atoms with Gasteiger partial charge >= 0.3 is 0 Å². The van der Waals surface area contributed by atoms with Crippen LogP contribution in [0, 0.1) is 6.92 Å². The monoisotopic (exact) mass is 299 g/mol. The molecule has 0 atom stereocenters. The van der Waals surface area contributed by atoms with Gasteiger partial charge in [0.1, 0.15) is 11.3 Å². The van der Waals surface area contributed by atoms with Crippen molar-refractivity contribution in [3.05, 3.63) is 48.2 Å². The topological polar surface area (TPSA) is 68.0 Å². The van der Waals surface area contributed by atoms with Crippen LogP contribution in [0.4, 0.5) is 5.82 Å². The van der Waals surface area contributed by atoms with Crippen molar-refractivity contribution in [2.24, 2.45) is 0 Å². The van der Waals surface area contributed by atoms with E-state index < -0.39 is 0 Å². The van der Waals surface area contributed by atoms with Gasteiger partial charge in [0.05, 0.1) is 5.75 Å². The summed E-state index contributed by atoms with van der Waals surface area (Å²) in [5.41, 5.74) is 2.56. The van der Waals surface area contributed by atoms with Crippen molar-refractivity contribution in [1.82, 2.24) is 9.97 Å². The standard InChI is InChI=1S/C15H13N3O2S/c1-10-6-7-16-13(8-10)18-14(19)9-21-15-17-11-4-2-3-5-12(11)20-15/h2-8H,9H2,1H3,(H,16,18,19). The highest BCUT2D eigenvalue weighted by Crippen LogP contribution is 2.23. The minimum Gasteiger partial charge on any atom is -0.431 e. The number of oxazole rings is 1. The van der Waals surface area contributed by atoms with E-state index in [9.17, 15) is 4.79 Å². The predicted molar refractivity (Wildman–Crippen MR) is 82.3 cm³/mol. The summed E-state index contributed by atoms with van der Waals surface area (Å²) in [5, 5.41) is 3.24. The number of aryl methyl sites for hydroxylation is 1. The number of aromatic nitrogens is 2. The fourth-order valence-corrected chi connectivity index (χ4v) is 2.46. The van der Waals surface area contributed by atoms with Crippen LogP contribution in [0.5, 0.6) is 0 Å². The number of fused-ring (bicyclic) bond motifs is 1. The molecule has 1 N–H and O–H groups in total. The number of rotatable bonds is 4. The number of pyridine rings is 1. The number of hydrogen-bond acceptors (Lipinski definition) is 5. The van der Waals surface area contributed by atoms with E-state index in [1.54, 1.807) is 6.20 Å². The minimum atomic E-state index is -0.139. The van der Waals surface area contributed by atoms with Gasteiger partial charge < -0.3 is 9.73 Å². The largest absolute Gasteiger partial charge is 0.431 e. The molecule has 3 aromatic rings. The molecule has 0 radical (unpaired) electrons. The van der Waals surface area contributed by atoms with E-state index in [0.29, 0.717) is 11.0 Å². The smallest absolute Gasteiger partial charge is 0.257 e. The first-order valence-corrected chi connectivity index (χ1v) is 7.40. The predicted octanol–water partition coefficient (Wildman–Crippen LogP) is 3.26. The lowest BCUT2D eigenvalue weighted by Crippen LogP contribution is -2.14. The Morgan fingerprint density at radius 3 is 3.00 bits per heavy atom. The van der Waals surface area contributed by atoms with Gasteiger partial charge in [0.2, 0.25) is 5.91 Å². The van der Waals surface area contributed by atoms with E-state index >= 15 is 0 Å². The number of nitrogens with zero attached hydrogens (tertiary/aromatic N) is 2. The van der Waals surface area contributed by atoms with Crippen LogP contribution in [0.15, 0.2) is 52.2 Å². The molecular weight excluding hydrogens is 286 g/mol. The van der Waals surface area contributed by atoms with Gasteiger partial charge in [0.25, 0.3) is 5.22 Å². The molecule has 3 rings (SSSR count). The molecule has 21 heavy (non-hydrogen) atoms. The summed E-state index contributed by atoms with van der Waals surface area (Å²) in [4.78, 5) is 20.3. The molecule has 0 saturated heterocycles. The molecule has 0 aliphatic heterocycles. The van der Waals surface area contributed by atoms with Gasteiger partial charge in [-0.05, 0) is 36.8 Å². The van der Waals surface area contributed by atoms with Gasteiger partial charge in [-0.1, -0.05) is 23.9 Å². The van der Waals surface area contributed by atoms with Gasteiger partial charge in [-0.15, -0.1) is 0 Å². The summed E-state index contributed by atoms with van der Waals surface area (Å²) in [6.07, 6.45) is 1.67. The summed E-state index contributed by atoms with van der Waals surface area (Å²) in [5.74, 6) is 0.640. The molecule has 106 valence electrons. The molecule has 1 amide bonds. The summed E-state index contributed by atoms with van der Waals surface area (Å²) in [7, 11) is 0. The Labute approximate surface area is 125 Å². The molecule has 0 saturated carbocycles. The lowest BCUT2D eigenvalue weighted by molar-refractivity contribution is -0.113. The van der Waals surface area contributed by atoms with Gasteiger partial charge in [0.15, 0.2) is 5.58 Å². The third kappa shape index (κ3) is 3.41. The van der Waals surface area contributed by atoms with Crippen molar-refractivity contribution in [3.8, 4) is 0 Å². The zero-order valence-electron chi connectivity index (χ0n) is 11.4. The summed E-state index contributed by atoms with van der Waals surface area (Å²) in [6.45, 7) is 1.95. The molecule has 2 aromatic heterocycles. The minimum absolute atomic E-state index is 0.139. The summed E-state index contributed by atoms with van der Waals surface area (Å²) >= 11 is 1.26. The lowest BCUT2D eigenvalue weighted by atomic mass is 10.3. The number of hydrogen-bond donors (Lipinski definition) is 1. The molecule has 0 spiro atoms. The highest BCUT2D eigenvalue weighted by Gasteiger charge is 2.09. The number of benzene rings is 1. The van der Waals surface area contributed by atoms with Crippen molar-refractivity contribution < 1.29 is 9.21 Å². The summed E-state index contributed by atoms with van der Waals surface area (Å²) < 4.78 is 5.54. The third-order valence-electron chi connectivity index (χ3n) is 2.78. The Morgan fingerprint density at radius 1 is 1.33 bits per heavy atom. The maximum Gasteiger partial charge on any atom is 0.257 e. The molecule has 0 aliphatic carbocycles. The van der Waals surface area contributed by atoms with Crippen LogP contribution in [0.2, 0.25) is 0 Å². The second-order valence-electron chi connectivity index (χ2n) is 4.50. The second-order valence-corrected chi connectivity index (χ2v) is 5.43. The molecule has 0 fully saturated rings. The second kappa shape index (κ2) is 5.97. The van der Waals surface area contributed by atoms with Crippen LogP contribution in [-0.2, 0) is 4.79 Å². The van der Waals surface area contributed by atoms with E-state index in [1.165, 1.54) is 11.8 Å². The Bertz CT molecular complexity index is 752. The van der Waals surface area contributed by atoms with Crippen molar-refractivity contribution in [2.75, 3.05) is 11.1 Å². The molecular formula is C15H13N3O2S. The number of anilines is 1. The van der Waals surface area contributed by atoms with E-state index in [1.807, 2.05) is 43.3 Å². The number of thioether (sulfide) groups is 1. The van der Waals surface area contributed by atoms with Crippen molar-refractivity contribution >= 4 is 34.6 Å². The number of carbonyl (C=O) groups excluding carboxylic acids is 1. The maximum atomic E-state index is 11.9. The molecule has 6 heteroatoms. The fourth-order valence-electron chi connectivity index (χ4n) is 1.82. The van der Waals surface area contributed by atoms with Gasteiger partial charge in [-0.3, -0.25) is 4.79 Å². The SMILES string of the molecule is Cc1ccnc(NC(=O)CSc2nc3ccccc3o2)c1. The number of nitrogens with one attached hydrogen (secondary N) is 1. The molecule has 1 aromatic carbocycles. The van der Waals surface area contributed by atoms with Gasteiger partial charge in [0, 0.05) is 6.20 Å². The normalized spacial score (nSPS) is 10.7. The molecule has 0 bridgehead atoms. The molecule has 2 heterocycles. The van der Waals surface area contributed by atoms with E-state index in [4.69, 9.17) is 4.42 Å². The zero-order chi connectivity index (χ0) is 14.7. The van der Waals surface area contributed by atoms with Crippen LogP contribution < -0.4 is 5.32 Å². The first kappa shape index (κ1) is 13.6. The van der Waals surface area contributed by atoms with Gasteiger partial charge in [-0.2, -0.15) is 0 Å². The first-order chi connectivity index (χ1) is 10.2. The number of amides is 1. The Hall–Kier alpha value is -2.34. The third-order valence-corrected chi connectivity index (χ3v) is 3.61. The average Bonchev–Trinajstić information content (AvgIpc) is 2.88. The van der Waals surface area contributed by atoms with Crippen molar-refractivity contribution in [3.63, 3.8) is 0 Å². The van der Waals surface area contributed by atoms with Crippen LogP contribution in [-0.4, -0.2) is 21.6 Å². The highest BCUT2D eigenvalue weighted by molar-refractivity contribution is 7.99. The molecule has 0 aliphatic rings. The van der Waals surface area contributed by atoms with Crippen LogP contribution in [0.1, 0.15) is 5.56 Å². The van der Waals surface area contributed by atoms with Crippen molar-refractivity contribution in [2.45, 2.75) is 12.1 Å². The fraction of sp³-hybridized carbons (Fsp3) is 0.133. The lowest BCUT2D eigenvalue weighted by Gasteiger charge is -2.03. The maximum absolute atomic E-state index is 11.9. The zero-order valence-corrected chi connectivity index (χ0v) is 12.2. The Morgan fingerprint density at radius 2 is 2.19 bits per heavy atom. The number of carbonyl (C=O) groups is 1. The highest BCUT2D eigenvalue weighted by atomic mass is 32.2. The average molecular weight is 299 g/mol. The van der Waals surface area contributed by atoms with Crippen LogP contribution in [0.25, 0.3) is 11.1 Å². The van der Waals surface area contributed by atoms with Crippen LogP contribution in [0.3, 0.4) is 0 Å². The van der Waals surface area contributed by atoms with E-state index in [-0.39, 0.29) is 11.7 Å². The van der Waals surface area contributed by atoms with Gasteiger partial charge in [-0.25, -0.2) is 9.97 Å². The number of para-hydroxylation sites is 2. The quantitative estimate of drug-likeness (QED) is 0.749. The first-order valence-electron chi connectivity index (χ1n) is 6.41. The molecule has 5 nitrogen and oxygen atoms in total. The van der Waals surface area contributed by atoms with Crippen LogP contribution >= 0.6 is 11.8 Å². The summed E-state index contributed by atoms with van der Waals surface area (Å²) in [6, 6.07) is 11.2. The van der Waals surface area contributed by atoms with E-state index in [0.717, 1.165) is 16.7 Å². The Kier molecular flexibility index (Phi) is 3.87. The van der Waals surface area contributed by atoms with Crippen molar-refractivity contribution in [1.29, 1.82) is 0 Å². The molecule has 0 unspecified atom stereocenters. The van der Waals surface area contributed by atoms with E-state index in [2.05, 4.69) is 15.3 Å². The Balaban J connectivity index is 1.60.